The molecule has 2 nitrogen and oxygen atoms in total. The van der Waals surface area contributed by atoms with Crippen molar-refractivity contribution in [1.82, 2.24) is 0 Å². The molecule has 60 valence electrons. The molecule has 0 N–H and O–H groups in total. The molecule has 0 heterocycles. The maximum Gasteiger partial charge on any atom is 0.124 e. The zero-order valence-electron chi connectivity index (χ0n) is 7.35. The summed E-state index contributed by atoms with van der Waals surface area (Å²) in [5.74, 6) is 1.01. The summed E-state index contributed by atoms with van der Waals surface area (Å²) in [5.41, 5.74) is 0. The molecule has 0 aliphatic heterocycles. The standard InChI is InChI=1S/C8H9ClO2/c1-10-7-3-6(9)4-8(5-7)11-2/h3-5H,1-2H3/i3D. The Morgan fingerprint density at radius 1 is 1.27 bits per heavy atom. The van der Waals surface area contributed by atoms with E-state index in [9.17, 15) is 0 Å². The van der Waals surface area contributed by atoms with Gasteiger partial charge in [-0.2, -0.15) is 0 Å². The van der Waals surface area contributed by atoms with E-state index in [0.717, 1.165) is 0 Å². The molecule has 3 heteroatoms. The van der Waals surface area contributed by atoms with Crippen LogP contribution in [0.2, 0.25) is 5.02 Å². The van der Waals surface area contributed by atoms with Crippen molar-refractivity contribution < 1.29 is 10.8 Å². The number of benzene rings is 1. The minimum absolute atomic E-state index is 0.181. The zero-order chi connectivity index (χ0) is 9.14. The van der Waals surface area contributed by atoms with E-state index in [1.54, 1.807) is 12.1 Å². The van der Waals surface area contributed by atoms with E-state index < -0.39 is 0 Å². The molecular formula is C8H9ClO2. The maximum atomic E-state index is 7.45. The highest BCUT2D eigenvalue weighted by molar-refractivity contribution is 6.30. The van der Waals surface area contributed by atoms with E-state index in [-0.39, 0.29) is 6.04 Å². The Kier molecular flexibility index (Phi) is 2.15. The van der Waals surface area contributed by atoms with Crippen LogP contribution in [-0.2, 0) is 0 Å². The second-order valence-corrected chi connectivity index (χ2v) is 2.34. The number of hydrogen-bond acceptors (Lipinski definition) is 2. The third-order valence-corrected chi connectivity index (χ3v) is 1.44. The molecule has 0 aliphatic rings. The van der Waals surface area contributed by atoms with Gasteiger partial charge in [-0.05, 0) is 12.1 Å². The Hall–Kier alpha value is -0.890. The minimum atomic E-state index is 0.181. The SMILES string of the molecule is [2H]c1c(Cl)cc(OC)cc1OC. The van der Waals surface area contributed by atoms with E-state index in [2.05, 4.69) is 0 Å². The van der Waals surface area contributed by atoms with Gasteiger partial charge in [-0.25, -0.2) is 0 Å². The highest BCUT2D eigenvalue weighted by Crippen LogP contribution is 2.25. The van der Waals surface area contributed by atoms with Crippen LogP contribution in [0.15, 0.2) is 18.2 Å². The van der Waals surface area contributed by atoms with E-state index in [4.69, 9.17) is 22.4 Å². The van der Waals surface area contributed by atoms with Gasteiger partial charge in [-0.3, -0.25) is 0 Å². The Bertz CT molecular complexity index is 289. The molecule has 1 aromatic carbocycles. The van der Waals surface area contributed by atoms with Crippen LogP contribution in [0.5, 0.6) is 11.5 Å². The lowest BCUT2D eigenvalue weighted by Gasteiger charge is -2.03. The van der Waals surface area contributed by atoms with Gasteiger partial charge in [-0.1, -0.05) is 11.6 Å². The number of rotatable bonds is 2. The third kappa shape index (κ3) is 2.02. The van der Waals surface area contributed by atoms with Crippen molar-refractivity contribution in [2.75, 3.05) is 14.2 Å². The van der Waals surface area contributed by atoms with E-state index in [1.165, 1.54) is 14.2 Å². The molecule has 0 spiro atoms. The van der Waals surface area contributed by atoms with Gasteiger partial charge in [0.05, 0.1) is 15.6 Å². The average Bonchev–Trinajstić information content (AvgIpc) is 2.09. The van der Waals surface area contributed by atoms with E-state index in [0.29, 0.717) is 16.5 Å². The Morgan fingerprint density at radius 2 is 1.91 bits per heavy atom. The third-order valence-electron chi connectivity index (χ3n) is 1.24. The molecule has 0 unspecified atom stereocenters. The van der Waals surface area contributed by atoms with E-state index in [1.807, 2.05) is 0 Å². The number of halogens is 1. The first kappa shape index (κ1) is 6.80. The lowest BCUT2D eigenvalue weighted by atomic mass is 10.3. The van der Waals surface area contributed by atoms with Gasteiger partial charge in [0.25, 0.3) is 0 Å². The summed E-state index contributed by atoms with van der Waals surface area (Å²) >= 11 is 5.73. The monoisotopic (exact) mass is 173 g/mol. The summed E-state index contributed by atoms with van der Waals surface area (Å²) in [5, 5.41) is 0.325. The second kappa shape index (κ2) is 3.49. The van der Waals surface area contributed by atoms with Crippen LogP contribution in [0.25, 0.3) is 0 Å². The first-order chi connectivity index (χ1) is 5.69. The molecule has 0 saturated heterocycles. The Labute approximate surface area is 72.1 Å². The summed E-state index contributed by atoms with van der Waals surface area (Å²) in [6.45, 7) is 0. The number of ether oxygens (including phenoxy) is 2. The Morgan fingerprint density at radius 3 is 2.45 bits per heavy atom. The van der Waals surface area contributed by atoms with Crippen molar-refractivity contribution in [3.63, 3.8) is 0 Å². The lowest BCUT2D eigenvalue weighted by molar-refractivity contribution is 0.394. The molecule has 0 atom stereocenters. The van der Waals surface area contributed by atoms with Crippen LogP contribution >= 0.6 is 11.6 Å². The van der Waals surface area contributed by atoms with Gasteiger partial charge >= 0.3 is 0 Å². The molecule has 0 aliphatic carbocycles. The quantitative estimate of drug-likeness (QED) is 0.684. The molecule has 0 aromatic heterocycles. The van der Waals surface area contributed by atoms with Crippen molar-refractivity contribution in [2.24, 2.45) is 0 Å². The van der Waals surface area contributed by atoms with Gasteiger partial charge in [0.2, 0.25) is 0 Å². The van der Waals surface area contributed by atoms with E-state index >= 15 is 0 Å². The number of methoxy groups -OCH3 is 2. The van der Waals surface area contributed by atoms with Gasteiger partial charge in [0.15, 0.2) is 0 Å². The fraction of sp³-hybridized carbons (Fsp3) is 0.250. The molecule has 0 fully saturated rings. The molecule has 0 bridgehead atoms. The zero-order valence-corrected chi connectivity index (χ0v) is 7.11. The molecule has 0 saturated carbocycles. The molecule has 11 heavy (non-hydrogen) atoms. The first-order valence-corrected chi connectivity index (χ1v) is 3.45. The maximum absolute atomic E-state index is 7.45. The van der Waals surface area contributed by atoms with Crippen molar-refractivity contribution in [1.29, 1.82) is 0 Å². The van der Waals surface area contributed by atoms with Crippen LogP contribution in [0.4, 0.5) is 0 Å². The molecule has 0 radical (unpaired) electrons. The molecular weight excluding hydrogens is 164 g/mol. The number of hydrogen-bond donors (Lipinski definition) is 0. The normalized spacial score (nSPS) is 10.6. The van der Waals surface area contributed by atoms with Crippen LogP contribution in [-0.4, -0.2) is 14.2 Å². The summed E-state index contributed by atoms with van der Waals surface area (Å²) in [7, 11) is 3.03. The fourth-order valence-electron chi connectivity index (χ4n) is 0.713. The van der Waals surface area contributed by atoms with Gasteiger partial charge in [-0.15, -0.1) is 0 Å². The van der Waals surface area contributed by atoms with Crippen LogP contribution in [0.3, 0.4) is 0 Å². The van der Waals surface area contributed by atoms with Crippen LogP contribution < -0.4 is 9.47 Å². The van der Waals surface area contributed by atoms with Gasteiger partial charge < -0.3 is 9.47 Å². The summed E-state index contributed by atoms with van der Waals surface area (Å²) in [4.78, 5) is 0. The highest BCUT2D eigenvalue weighted by Gasteiger charge is 1.97. The molecule has 1 aromatic rings. The van der Waals surface area contributed by atoms with Crippen molar-refractivity contribution in [3.8, 4) is 11.5 Å². The summed E-state index contributed by atoms with van der Waals surface area (Å²) in [6.07, 6.45) is 0. The lowest BCUT2D eigenvalue weighted by Crippen LogP contribution is -1.86. The first-order valence-electron chi connectivity index (χ1n) is 3.57. The largest absolute Gasteiger partial charge is 0.497 e. The van der Waals surface area contributed by atoms with Crippen LogP contribution in [0, 0.1) is 0 Å². The predicted molar refractivity (Wildman–Crippen MR) is 44.6 cm³/mol. The summed E-state index contributed by atoms with van der Waals surface area (Å²) < 4.78 is 17.3. The van der Waals surface area contributed by atoms with Crippen molar-refractivity contribution in [3.05, 3.63) is 23.2 Å². The molecule has 1 rings (SSSR count). The van der Waals surface area contributed by atoms with Crippen LogP contribution in [0.1, 0.15) is 1.37 Å². The van der Waals surface area contributed by atoms with Crippen molar-refractivity contribution in [2.45, 2.75) is 0 Å². The molecule has 0 amide bonds. The Balaban J connectivity index is 3.19. The van der Waals surface area contributed by atoms with Gasteiger partial charge in [0, 0.05) is 11.1 Å². The predicted octanol–water partition coefficient (Wildman–Crippen LogP) is 2.36. The summed E-state index contributed by atoms with van der Waals surface area (Å²) in [6, 6.07) is 3.38. The smallest absolute Gasteiger partial charge is 0.124 e. The topological polar surface area (TPSA) is 18.5 Å². The average molecular weight is 174 g/mol. The fourth-order valence-corrected chi connectivity index (χ4v) is 0.914. The second-order valence-electron chi connectivity index (χ2n) is 1.94. The van der Waals surface area contributed by atoms with Crippen molar-refractivity contribution >= 4 is 11.6 Å². The minimum Gasteiger partial charge on any atom is -0.497 e. The van der Waals surface area contributed by atoms with Gasteiger partial charge in [0.1, 0.15) is 11.5 Å². The highest BCUT2D eigenvalue weighted by atomic mass is 35.5.